The van der Waals surface area contributed by atoms with E-state index in [2.05, 4.69) is 18.0 Å². The number of ether oxygens (including phenoxy) is 1. The fourth-order valence-corrected chi connectivity index (χ4v) is 5.31. The number of aromatic carboxylic acids is 1. The van der Waals surface area contributed by atoms with Crippen molar-refractivity contribution in [3.05, 3.63) is 56.3 Å². The molecule has 2 aliphatic rings. The molecule has 0 unspecified atom stereocenters. The summed E-state index contributed by atoms with van der Waals surface area (Å²) in [6, 6.07) is 8.16. The monoisotopic (exact) mass is 369 g/mol. The zero-order chi connectivity index (χ0) is 18.3. The third-order valence-corrected chi connectivity index (χ3v) is 6.64. The highest BCUT2D eigenvalue weighted by molar-refractivity contribution is 7.15. The van der Waals surface area contributed by atoms with Crippen molar-refractivity contribution >= 4 is 22.9 Å². The maximum atomic E-state index is 11.8. The number of para-hydroxylation sites is 1. The molecule has 4 rings (SSSR count). The van der Waals surface area contributed by atoms with Crippen LogP contribution in [-0.4, -0.2) is 36.1 Å². The second-order valence-electron chi connectivity index (χ2n) is 6.94. The van der Waals surface area contributed by atoms with E-state index < -0.39 is 5.97 Å². The highest BCUT2D eigenvalue weighted by atomic mass is 32.1. The second kappa shape index (κ2) is 6.89. The number of thiophene rings is 1. The molecule has 1 aromatic carbocycles. The molecule has 1 N–H and O–H groups in total. The summed E-state index contributed by atoms with van der Waals surface area (Å²) in [4.78, 5) is 15.7. The van der Waals surface area contributed by atoms with Gasteiger partial charge in [-0.3, -0.25) is 0 Å². The third kappa shape index (κ3) is 2.85. The summed E-state index contributed by atoms with van der Waals surface area (Å²) in [5, 5.41) is 9.69. The first kappa shape index (κ1) is 17.3. The fraction of sp³-hybridized carbons (Fsp3) is 0.381. The van der Waals surface area contributed by atoms with Crippen LogP contribution >= 0.6 is 11.3 Å². The Kier molecular flexibility index (Phi) is 4.59. The third-order valence-electron chi connectivity index (χ3n) is 5.36. The first-order valence-corrected chi connectivity index (χ1v) is 9.92. The Labute approximate surface area is 157 Å². The first-order chi connectivity index (χ1) is 12.6. The van der Waals surface area contributed by atoms with Crippen molar-refractivity contribution in [1.82, 2.24) is 4.90 Å². The molecule has 1 saturated heterocycles. The molecule has 3 heterocycles. The zero-order valence-corrected chi connectivity index (χ0v) is 16.0. The van der Waals surface area contributed by atoms with Gasteiger partial charge in [-0.15, -0.1) is 11.3 Å². The number of carboxylic acid groups (broad SMARTS) is 1. The van der Waals surface area contributed by atoms with E-state index in [-0.39, 0.29) is 0 Å². The molecule has 0 amide bonds. The summed E-state index contributed by atoms with van der Waals surface area (Å²) in [7, 11) is 2.15. The Balaban J connectivity index is 1.97. The van der Waals surface area contributed by atoms with E-state index in [1.54, 1.807) is 0 Å². The van der Waals surface area contributed by atoms with Crippen molar-refractivity contribution in [3.63, 3.8) is 0 Å². The van der Waals surface area contributed by atoms with Gasteiger partial charge in [-0.05, 0) is 37.9 Å². The minimum atomic E-state index is -0.832. The van der Waals surface area contributed by atoms with E-state index in [1.807, 2.05) is 25.1 Å². The predicted molar refractivity (Wildman–Crippen MR) is 104 cm³/mol. The van der Waals surface area contributed by atoms with Crippen molar-refractivity contribution in [2.45, 2.75) is 32.8 Å². The Morgan fingerprint density at radius 3 is 2.69 bits per heavy atom. The summed E-state index contributed by atoms with van der Waals surface area (Å²) in [5.41, 5.74) is 5.73. The molecule has 1 fully saturated rings. The van der Waals surface area contributed by atoms with Gasteiger partial charge < -0.3 is 14.7 Å². The molecule has 0 radical (unpaired) electrons. The molecule has 0 bridgehead atoms. The van der Waals surface area contributed by atoms with Crippen LogP contribution in [0, 0.1) is 0 Å². The van der Waals surface area contributed by atoms with E-state index in [0.29, 0.717) is 17.9 Å². The minimum Gasteiger partial charge on any atom is -0.488 e. The number of fused-ring (bicyclic) bond motifs is 2. The highest BCUT2D eigenvalue weighted by Crippen LogP contribution is 2.45. The lowest BCUT2D eigenvalue weighted by Gasteiger charge is -2.26. The van der Waals surface area contributed by atoms with Crippen LogP contribution in [0.1, 0.15) is 51.0 Å². The Bertz CT molecular complexity index is 887. The normalized spacial score (nSPS) is 17.3. The van der Waals surface area contributed by atoms with Crippen LogP contribution in [0.5, 0.6) is 5.75 Å². The fourth-order valence-electron chi connectivity index (χ4n) is 3.96. The molecule has 0 atom stereocenters. The molecule has 4 nitrogen and oxygen atoms in total. The SMILES string of the molecule is CCc1c(C(=O)O)sc2c1COc1ccccc1C2=C1CCN(C)CC1. The van der Waals surface area contributed by atoms with Crippen LogP contribution in [0.3, 0.4) is 0 Å². The van der Waals surface area contributed by atoms with Crippen molar-refractivity contribution in [1.29, 1.82) is 0 Å². The largest absolute Gasteiger partial charge is 0.488 e. The number of piperidine rings is 1. The Hall–Kier alpha value is -2.11. The van der Waals surface area contributed by atoms with Crippen LogP contribution in [0.4, 0.5) is 0 Å². The smallest absolute Gasteiger partial charge is 0.346 e. The second-order valence-corrected chi connectivity index (χ2v) is 7.96. The van der Waals surface area contributed by atoms with Gasteiger partial charge in [0.25, 0.3) is 0 Å². The Morgan fingerprint density at radius 1 is 1.27 bits per heavy atom. The lowest BCUT2D eigenvalue weighted by molar-refractivity contribution is 0.0701. The molecule has 2 aliphatic heterocycles. The molecule has 2 aromatic rings. The average Bonchev–Trinajstić information content (AvgIpc) is 2.93. The maximum Gasteiger partial charge on any atom is 0.346 e. The minimum absolute atomic E-state index is 0.440. The summed E-state index contributed by atoms with van der Waals surface area (Å²) >= 11 is 1.42. The van der Waals surface area contributed by atoms with E-state index >= 15 is 0 Å². The van der Waals surface area contributed by atoms with Crippen molar-refractivity contribution < 1.29 is 14.6 Å². The van der Waals surface area contributed by atoms with Gasteiger partial charge >= 0.3 is 5.97 Å². The van der Waals surface area contributed by atoms with E-state index in [0.717, 1.165) is 53.2 Å². The number of likely N-dealkylation sites (tertiary alicyclic amines) is 1. The first-order valence-electron chi connectivity index (χ1n) is 9.11. The molecule has 0 saturated carbocycles. The molecule has 136 valence electrons. The average molecular weight is 369 g/mol. The molecular weight excluding hydrogens is 346 g/mol. The lowest BCUT2D eigenvalue weighted by Crippen LogP contribution is -2.26. The summed E-state index contributed by atoms with van der Waals surface area (Å²) < 4.78 is 6.12. The summed E-state index contributed by atoms with van der Waals surface area (Å²) in [6.45, 7) is 4.54. The topological polar surface area (TPSA) is 49.8 Å². The van der Waals surface area contributed by atoms with Gasteiger partial charge in [0.05, 0.1) is 0 Å². The van der Waals surface area contributed by atoms with Gasteiger partial charge in [-0.25, -0.2) is 4.79 Å². The van der Waals surface area contributed by atoms with Gasteiger partial charge in [0.15, 0.2) is 0 Å². The molecule has 26 heavy (non-hydrogen) atoms. The number of nitrogens with zero attached hydrogens (tertiary/aromatic N) is 1. The van der Waals surface area contributed by atoms with Gasteiger partial charge in [0.1, 0.15) is 17.2 Å². The van der Waals surface area contributed by atoms with Crippen LogP contribution in [0.15, 0.2) is 29.8 Å². The number of rotatable bonds is 2. The van der Waals surface area contributed by atoms with Crippen LogP contribution in [0.25, 0.3) is 5.57 Å². The van der Waals surface area contributed by atoms with Crippen molar-refractivity contribution in [2.75, 3.05) is 20.1 Å². The van der Waals surface area contributed by atoms with Crippen LogP contribution in [-0.2, 0) is 13.0 Å². The molecule has 0 aliphatic carbocycles. The summed E-state index contributed by atoms with van der Waals surface area (Å²) in [5.74, 6) is 0.0668. The molecule has 5 heteroatoms. The van der Waals surface area contributed by atoms with Gasteiger partial charge in [-0.2, -0.15) is 0 Å². The quantitative estimate of drug-likeness (QED) is 0.851. The van der Waals surface area contributed by atoms with E-state index in [9.17, 15) is 9.90 Å². The van der Waals surface area contributed by atoms with E-state index in [4.69, 9.17) is 4.74 Å². The lowest BCUT2D eigenvalue weighted by atomic mass is 9.90. The van der Waals surface area contributed by atoms with Crippen LogP contribution in [0.2, 0.25) is 0 Å². The standard InChI is InChI=1S/C21H23NO3S/c1-3-14-16-12-25-17-7-5-4-6-15(17)18(13-8-10-22(2)11-9-13)19(16)26-20(14)21(23)24/h4-7H,3,8-12H2,1-2H3,(H,23,24). The highest BCUT2D eigenvalue weighted by Gasteiger charge is 2.30. The van der Waals surface area contributed by atoms with Crippen molar-refractivity contribution in [3.8, 4) is 5.75 Å². The number of hydrogen-bond acceptors (Lipinski definition) is 4. The number of hydrogen-bond donors (Lipinski definition) is 1. The number of carbonyl (C=O) groups is 1. The number of carboxylic acids is 1. The van der Waals surface area contributed by atoms with Gasteiger partial charge in [0.2, 0.25) is 0 Å². The van der Waals surface area contributed by atoms with Gasteiger partial charge in [-0.1, -0.05) is 30.7 Å². The number of benzene rings is 1. The molecule has 0 spiro atoms. The van der Waals surface area contributed by atoms with Gasteiger partial charge in [0, 0.05) is 34.7 Å². The van der Waals surface area contributed by atoms with Crippen LogP contribution < -0.4 is 4.74 Å². The molecule has 1 aromatic heterocycles. The van der Waals surface area contributed by atoms with E-state index in [1.165, 1.54) is 22.5 Å². The maximum absolute atomic E-state index is 11.8. The summed E-state index contributed by atoms with van der Waals surface area (Å²) in [6.07, 6.45) is 2.74. The predicted octanol–water partition coefficient (Wildman–Crippen LogP) is 4.43. The van der Waals surface area contributed by atoms with Crippen molar-refractivity contribution in [2.24, 2.45) is 0 Å². The zero-order valence-electron chi connectivity index (χ0n) is 15.2. The Morgan fingerprint density at radius 2 is 2.00 bits per heavy atom. The molecular formula is C21H23NO3S.